The minimum Gasteiger partial charge on any atom is -0.330 e. The lowest BCUT2D eigenvalue weighted by Gasteiger charge is -2.03. The summed E-state index contributed by atoms with van der Waals surface area (Å²) < 4.78 is 0. The summed E-state index contributed by atoms with van der Waals surface area (Å²) in [5.41, 5.74) is 6.74. The third-order valence-corrected chi connectivity index (χ3v) is 2.53. The Labute approximate surface area is 103 Å². The zero-order valence-electron chi connectivity index (χ0n) is 9.11. The average molecular weight is 250 g/mol. The van der Waals surface area contributed by atoms with E-state index in [1.807, 2.05) is 12.1 Å². The van der Waals surface area contributed by atoms with Crippen LogP contribution in [0.3, 0.4) is 0 Å². The molecule has 0 saturated carbocycles. The van der Waals surface area contributed by atoms with Crippen LogP contribution in [0.2, 0.25) is 5.02 Å². The molecule has 1 aromatic heterocycles. The van der Waals surface area contributed by atoms with Crippen LogP contribution in [0.25, 0.3) is 11.4 Å². The Balaban J connectivity index is 2.48. The van der Waals surface area contributed by atoms with Crippen molar-refractivity contribution in [1.29, 1.82) is 0 Å². The number of nitrogens with one attached hydrogen (secondary N) is 1. The second-order valence-electron chi connectivity index (χ2n) is 3.63. The van der Waals surface area contributed by atoms with Gasteiger partial charge in [0.25, 0.3) is 5.56 Å². The van der Waals surface area contributed by atoms with Crippen LogP contribution in [0.1, 0.15) is 5.69 Å². The van der Waals surface area contributed by atoms with Gasteiger partial charge in [-0.1, -0.05) is 23.7 Å². The second-order valence-corrected chi connectivity index (χ2v) is 4.07. The van der Waals surface area contributed by atoms with Gasteiger partial charge in [-0.2, -0.15) is 0 Å². The Morgan fingerprint density at radius 1 is 1.35 bits per heavy atom. The van der Waals surface area contributed by atoms with Crippen molar-refractivity contribution in [1.82, 2.24) is 9.97 Å². The Morgan fingerprint density at radius 2 is 2.18 bits per heavy atom. The molecule has 0 amide bonds. The standard InChI is InChI=1S/C12H12ClN3O/c13-9-3-1-2-8(6-9)12-15-10(4-5-14)7-11(17)16-12/h1-3,6-7H,4-5,14H2,(H,15,16,17). The van der Waals surface area contributed by atoms with E-state index >= 15 is 0 Å². The first-order valence-corrected chi connectivity index (χ1v) is 5.63. The third kappa shape index (κ3) is 2.93. The maximum absolute atomic E-state index is 11.5. The number of nitrogens with two attached hydrogens (primary N) is 1. The fourth-order valence-corrected chi connectivity index (χ4v) is 1.75. The van der Waals surface area contributed by atoms with Crippen molar-refractivity contribution in [3.63, 3.8) is 0 Å². The van der Waals surface area contributed by atoms with E-state index in [0.717, 1.165) is 5.56 Å². The van der Waals surface area contributed by atoms with Gasteiger partial charge in [0.15, 0.2) is 0 Å². The topological polar surface area (TPSA) is 71.8 Å². The number of aromatic amines is 1. The lowest BCUT2D eigenvalue weighted by Crippen LogP contribution is -2.13. The van der Waals surface area contributed by atoms with Crippen LogP contribution in [-0.2, 0) is 6.42 Å². The van der Waals surface area contributed by atoms with Gasteiger partial charge in [-0.05, 0) is 18.7 Å². The van der Waals surface area contributed by atoms with Crippen LogP contribution in [0.4, 0.5) is 0 Å². The van der Waals surface area contributed by atoms with E-state index in [-0.39, 0.29) is 5.56 Å². The Morgan fingerprint density at radius 3 is 2.88 bits per heavy atom. The van der Waals surface area contributed by atoms with Crippen molar-refractivity contribution < 1.29 is 0 Å². The summed E-state index contributed by atoms with van der Waals surface area (Å²) in [5, 5.41) is 0.606. The zero-order chi connectivity index (χ0) is 12.3. The highest BCUT2D eigenvalue weighted by molar-refractivity contribution is 6.30. The molecule has 2 aromatic rings. The average Bonchev–Trinajstić information content (AvgIpc) is 2.28. The quantitative estimate of drug-likeness (QED) is 0.868. The smallest absolute Gasteiger partial charge is 0.251 e. The van der Waals surface area contributed by atoms with E-state index in [9.17, 15) is 4.79 Å². The Hall–Kier alpha value is -1.65. The van der Waals surface area contributed by atoms with Gasteiger partial charge in [0, 0.05) is 28.8 Å². The summed E-state index contributed by atoms with van der Waals surface area (Å²) in [5.74, 6) is 0.517. The predicted octanol–water partition coefficient (Wildman–Crippen LogP) is 1.59. The highest BCUT2D eigenvalue weighted by Crippen LogP contribution is 2.18. The van der Waals surface area contributed by atoms with Crippen LogP contribution < -0.4 is 11.3 Å². The molecule has 1 aromatic carbocycles. The van der Waals surface area contributed by atoms with Crippen molar-refractivity contribution in [3.8, 4) is 11.4 Å². The minimum absolute atomic E-state index is 0.182. The first-order chi connectivity index (χ1) is 8.19. The molecule has 0 radical (unpaired) electrons. The molecule has 0 aliphatic rings. The molecule has 1 heterocycles. The van der Waals surface area contributed by atoms with Crippen LogP contribution in [-0.4, -0.2) is 16.5 Å². The molecule has 0 bridgehead atoms. The summed E-state index contributed by atoms with van der Waals surface area (Å²) in [6, 6.07) is 8.64. The fourth-order valence-electron chi connectivity index (χ4n) is 1.56. The second kappa shape index (κ2) is 5.12. The number of rotatable bonds is 3. The Kier molecular flexibility index (Phi) is 3.56. The molecule has 2 rings (SSSR count). The van der Waals surface area contributed by atoms with Crippen LogP contribution in [0.15, 0.2) is 35.1 Å². The number of nitrogens with zero attached hydrogens (tertiary/aromatic N) is 1. The molecule has 17 heavy (non-hydrogen) atoms. The fraction of sp³-hybridized carbons (Fsp3) is 0.167. The van der Waals surface area contributed by atoms with E-state index in [0.29, 0.717) is 29.5 Å². The minimum atomic E-state index is -0.182. The van der Waals surface area contributed by atoms with Gasteiger partial charge in [-0.15, -0.1) is 0 Å². The number of halogens is 1. The lowest BCUT2D eigenvalue weighted by molar-refractivity contribution is 0.906. The molecule has 0 saturated heterocycles. The summed E-state index contributed by atoms with van der Waals surface area (Å²) >= 11 is 5.90. The van der Waals surface area contributed by atoms with Crippen molar-refractivity contribution in [2.75, 3.05) is 6.54 Å². The SMILES string of the molecule is NCCc1cc(=O)[nH]c(-c2cccc(Cl)c2)n1. The molecule has 4 nitrogen and oxygen atoms in total. The summed E-state index contributed by atoms with van der Waals surface area (Å²) in [4.78, 5) is 18.5. The first kappa shape index (κ1) is 11.8. The number of benzene rings is 1. The number of H-pyrrole nitrogens is 1. The molecule has 0 atom stereocenters. The number of hydrogen-bond donors (Lipinski definition) is 2. The highest BCUT2D eigenvalue weighted by Gasteiger charge is 2.04. The predicted molar refractivity (Wildman–Crippen MR) is 68.1 cm³/mol. The molecule has 0 fully saturated rings. The van der Waals surface area contributed by atoms with Gasteiger partial charge >= 0.3 is 0 Å². The zero-order valence-corrected chi connectivity index (χ0v) is 9.87. The van der Waals surface area contributed by atoms with E-state index in [1.165, 1.54) is 6.07 Å². The third-order valence-electron chi connectivity index (χ3n) is 2.29. The number of hydrogen-bond acceptors (Lipinski definition) is 3. The maximum atomic E-state index is 11.5. The Bertz CT molecular complexity index is 580. The molecule has 0 aliphatic carbocycles. The maximum Gasteiger partial charge on any atom is 0.251 e. The molecule has 88 valence electrons. The van der Waals surface area contributed by atoms with Crippen molar-refractivity contribution in [3.05, 3.63) is 51.4 Å². The van der Waals surface area contributed by atoms with E-state index < -0.39 is 0 Å². The molecule has 5 heteroatoms. The van der Waals surface area contributed by atoms with Gasteiger partial charge in [0.1, 0.15) is 5.82 Å². The van der Waals surface area contributed by atoms with Crippen LogP contribution >= 0.6 is 11.6 Å². The summed E-state index contributed by atoms with van der Waals surface area (Å²) in [6.45, 7) is 0.464. The summed E-state index contributed by atoms with van der Waals surface area (Å²) in [7, 11) is 0. The monoisotopic (exact) mass is 249 g/mol. The molecular weight excluding hydrogens is 238 g/mol. The largest absolute Gasteiger partial charge is 0.330 e. The van der Waals surface area contributed by atoms with Crippen LogP contribution in [0.5, 0.6) is 0 Å². The van der Waals surface area contributed by atoms with Gasteiger partial charge < -0.3 is 10.7 Å². The van der Waals surface area contributed by atoms with E-state index in [4.69, 9.17) is 17.3 Å². The number of aromatic nitrogens is 2. The molecule has 0 unspecified atom stereocenters. The highest BCUT2D eigenvalue weighted by atomic mass is 35.5. The first-order valence-electron chi connectivity index (χ1n) is 5.25. The van der Waals surface area contributed by atoms with Gasteiger partial charge in [0.2, 0.25) is 0 Å². The normalized spacial score (nSPS) is 10.5. The molecule has 0 spiro atoms. The van der Waals surface area contributed by atoms with Crippen molar-refractivity contribution in [2.24, 2.45) is 5.73 Å². The van der Waals surface area contributed by atoms with E-state index in [2.05, 4.69) is 9.97 Å². The van der Waals surface area contributed by atoms with E-state index in [1.54, 1.807) is 12.1 Å². The summed E-state index contributed by atoms with van der Waals surface area (Å²) in [6.07, 6.45) is 0.581. The van der Waals surface area contributed by atoms with Crippen molar-refractivity contribution >= 4 is 11.6 Å². The van der Waals surface area contributed by atoms with Gasteiger partial charge in [-0.25, -0.2) is 4.98 Å². The molecular formula is C12H12ClN3O. The van der Waals surface area contributed by atoms with Gasteiger partial charge in [-0.3, -0.25) is 4.79 Å². The molecule has 3 N–H and O–H groups in total. The van der Waals surface area contributed by atoms with Crippen molar-refractivity contribution in [2.45, 2.75) is 6.42 Å². The van der Waals surface area contributed by atoms with Gasteiger partial charge in [0.05, 0.1) is 0 Å². The molecule has 0 aliphatic heterocycles. The lowest BCUT2D eigenvalue weighted by atomic mass is 10.2. The van der Waals surface area contributed by atoms with Crippen LogP contribution in [0, 0.1) is 0 Å².